The molecule has 6 nitrogen and oxygen atoms in total. The second-order valence-corrected chi connectivity index (χ2v) is 6.05. The van der Waals surface area contributed by atoms with E-state index in [9.17, 15) is 13.2 Å². The number of hydrogen-bond acceptors (Lipinski definition) is 4. The molecule has 4 N–H and O–H groups in total. The minimum Gasteiger partial charge on any atom is -0.481 e. The van der Waals surface area contributed by atoms with Gasteiger partial charge in [0.2, 0.25) is 10.0 Å². The van der Waals surface area contributed by atoms with Crippen LogP contribution in [0, 0.1) is 5.92 Å². The molecule has 0 aromatic heterocycles. The van der Waals surface area contributed by atoms with Gasteiger partial charge >= 0.3 is 5.97 Å². The number of sulfonamides is 1. The normalized spacial score (nSPS) is 12.9. The number of nitrogens with two attached hydrogens (primary N) is 1. The predicted octanol–water partition coefficient (Wildman–Crippen LogP) is 1.25. The monoisotopic (exact) mass is 286 g/mol. The van der Waals surface area contributed by atoms with Crippen molar-refractivity contribution in [1.82, 2.24) is 0 Å². The molecule has 0 saturated heterocycles. The van der Waals surface area contributed by atoms with Gasteiger partial charge in [0.25, 0.3) is 0 Å². The summed E-state index contributed by atoms with van der Waals surface area (Å²) in [5.74, 6) is -0.585. The van der Waals surface area contributed by atoms with Crippen LogP contribution in [0.4, 0.5) is 5.69 Å². The average Bonchev–Trinajstić information content (AvgIpc) is 2.33. The van der Waals surface area contributed by atoms with Crippen LogP contribution in [0.2, 0.25) is 0 Å². The molecule has 1 atom stereocenters. The number of nitrogens with one attached hydrogen (secondary N) is 1. The lowest BCUT2D eigenvalue weighted by atomic mass is 10.1. The zero-order chi connectivity index (χ0) is 14.5. The fourth-order valence-corrected chi connectivity index (χ4v) is 2.04. The number of carbonyl (C=O) groups is 1. The molecular formula is C12H18N2O4S. The van der Waals surface area contributed by atoms with Crippen molar-refractivity contribution < 1.29 is 18.3 Å². The maximum Gasteiger partial charge on any atom is 0.303 e. The molecule has 0 aliphatic heterocycles. The predicted molar refractivity (Wildman–Crippen MR) is 72.3 cm³/mol. The van der Waals surface area contributed by atoms with Gasteiger partial charge in [-0.15, -0.1) is 0 Å². The average molecular weight is 286 g/mol. The Labute approximate surface area is 112 Å². The molecular weight excluding hydrogens is 268 g/mol. The number of hydrogen-bond donors (Lipinski definition) is 3. The molecule has 0 amide bonds. The quantitative estimate of drug-likeness (QED) is 0.698. The third-order valence-electron chi connectivity index (χ3n) is 2.69. The van der Waals surface area contributed by atoms with Gasteiger partial charge in [0.15, 0.2) is 0 Å². The molecule has 0 aliphatic rings. The Hall–Kier alpha value is -1.60. The molecule has 0 heterocycles. The first kappa shape index (κ1) is 15.5. The highest BCUT2D eigenvalue weighted by atomic mass is 32.2. The summed E-state index contributed by atoms with van der Waals surface area (Å²) in [6.07, 6.45) is 0.741. The van der Waals surface area contributed by atoms with Crippen molar-refractivity contribution >= 4 is 21.7 Å². The molecule has 7 heteroatoms. The zero-order valence-electron chi connectivity index (χ0n) is 10.7. The number of carboxylic acids is 1. The Morgan fingerprint density at radius 2 is 1.95 bits per heavy atom. The summed E-state index contributed by atoms with van der Waals surface area (Å²) in [5, 5.41) is 16.7. The molecule has 1 aromatic carbocycles. The van der Waals surface area contributed by atoms with E-state index in [4.69, 9.17) is 10.2 Å². The van der Waals surface area contributed by atoms with E-state index in [0.717, 1.165) is 5.69 Å². The third-order valence-corrected chi connectivity index (χ3v) is 3.62. The van der Waals surface area contributed by atoms with Crippen LogP contribution in [0.25, 0.3) is 0 Å². The van der Waals surface area contributed by atoms with E-state index < -0.39 is 16.0 Å². The number of primary sulfonamides is 1. The van der Waals surface area contributed by atoms with Gasteiger partial charge in [-0.05, 0) is 36.6 Å². The first-order chi connectivity index (χ1) is 8.79. The Morgan fingerprint density at radius 1 is 1.37 bits per heavy atom. The van der Waals surface area contributed by atoms with Gasteiger partial charge in [-0.3, -0.25) is 4.79 Å². The second kappa shape index (κ2) is 6.53. The Kier molecular flexibility index (Phi) is 5.31. The lowest BCUT2D eigenvalue weighted by molar-refractivity contribution is -0.137. The van der Waals surface area contributed by atoms with Crippen LogP contribution in [-0.4, -0.2) is 26.0 Å². The summed E-state index contributed by atoms with van der Waals surface area (Å²) in [6, 6.07) is 6.12. The molecule has 1 unspecified atom stereocenters. The zero-order valence-corrected chi connectivity index (χ0v) is 11.5. The summed E-state index contributed by atoms with van der Waals surface area (Å²) in [4.78, 5) is 10.5. The molecule has 106 valence electrons. The maximum absolute atomic E-state index is 11.1. The molecule has 0 bridgehead atoms. The van der Waals surface area contributed by atoms with Crippen LogP contribution in [0.5, 0.6) is 0 Å². The fraction of sp³-hybridized carbons (Fsp3) is 0.417. The second-order valence-electron chi connectivity index (χ2n) is 4.49. The van der Waals surface area contributed by atoms with E-state index in [1.807, 2.05) is 6.92 Å². The van der Waals surface area contributed by atoms with E-state index in [2.05, 4.69) is 5.32 Å². The van der Waals surface area contributed by atoms with E-state index in [0.29, 0.717) is 13.0 Å². The minimum atomic E-state index is -3.66. The number of aliphatic carboxylic acids is 1. The molecule has 19 heavy (non-hydrogen) atoms. The summed E-state index contributed by atoms with van der Waals surface area (Å²) >= 11 is 0. The van der Waals surface area contributed by atoms with Crippen molar-refractivity contribution in [2.75, 3.05) is 11.9 Å². The summed E-state index contributed by atoms with van der Waals surface area (Å²) < 4.78 is 22.1. The highest BCUT2D eigenvalue weighted by molar-refractivity contribution is 7.89. The lowest BCUT2D eigenvalue weighted by Gasteiger charge is -2.12. The smallest absolute Gasteiger partial charge is 0.303 e. The Morgan fingerprint density at radius 3 is 2.42 bits per heavy atom. The molecule has 0 radical (unpaired) electrons. The van der Waals surface area contributed by atoms with Crippen LogP contribution >= 0.6 is 0 Å². The highest BCUT2D eigenvalue weighted by Crippen LogP contribution is 2.14. The number of anilines is 1. The van der Waals surface area contributed by atoms with Crippen molar-refractivity contribution in [3.05, 3.63) is 24.3 Å². The van der Waals surface area contributed by atoms with Crippen LogP contribution in [-0.2, 0) is 14.8 Å². The van der Waals surface area contributed by atoms with Gasteiger partial charge in [0.1, 0.15) is 0 Å². The van der Waals surface area contributed by atoms with Crippen molar-refractivity contribution in [3.8, 4) is 0 Å². The number of rotatable bonds is 7. The summed E-state index contributed by atoms with van der Waals surface area (Å²) in [7, 11) is -3.66. The van der Waals surface area contributed by atoms with Crippen LogP contribution < -0.4 is 10.5 Å². The largest absolute Gasteiger partial charge is 0.481 e. The minimum absolute atomic E-state index is 0.0666. The van der Waals surface area contributed by atoms with Crippen molar-refractivity contribution in [2.45, 2.75) is 24.7 Å². The van der Waals surface area contributed by atoms with Gasteiger partial charge < -0.3 is 10.4 Å². The van der Waals surface area contributed by atoms with Crippen molar-refractivity contribution in [2.24, 2.45) is 11.1 Å². The van der Waals surface area contributed by atoms with Gasteiger partial charge in [-0.1, -0.05) is 6.92 Å². The van der Waals surface area contributed by atoms with E-state index in [1.165, 1.54) is 12.1 Å². The molecule has 0 saturated carbocycles. The fourth-order valence-electron chi connectivity index (χ4n) is 1.53. The van der Waals surface area contributed by atoms with Crippen LogP contribution in [0.15, 0.2) is 29.2 Å². The molecule has 0 spiro atoms. The Balaban J connectivity index is 2.48. The van der Waals surface area contributed by atoms with Gasteiger partial charge in [-0.25, -0.2) is 13.6 Å². The highest BCUT2D eigenvalue weighted by Gasteiger charge is 2.08. The van der Waals surface area contributed by atoms with E-state index in [1.54, 1.807) is 12.1 Å². The summed E-state index contributed by atoms with van der Waals surface area (Å²) in [5.41, 5.74) is 0.773. The number of carboxylic acid groups (broad SMARTS) is 1. The third kappa shape index (κ3) is 5.71. The molecule has 1 rings (SSSR count). The molecule has 1 aromatic rings. The van der Waals surface area contributed by atoms with Gasteiger partial charge in [-0.2, -0.15) is 0 Å². The van der Waals surface area contributed by atoms with Gasteiger partial charge in [0, 0.05) is 18.7 Å². The first-order valence-electron chi connectivity index (χ1n) is 5.87. The Bertz CT molecular complexity index is 525. The van der Waals surface area contributed by atoms with E-state index in [-0.39, 0.29) is 17.2 Å². The topological polar surface area (TPSA) is 109 Å². The van der Waals surface area contributed by atoms with Crippen LogP contribution in [0.3, 0.4) is 0 Å². The van der Waals surface area contributed by atoms with E-state index >= 15 is 0 Å². The first-order valence-corrected chi connectivity index (χ1v) is 7.42. The molecule has 0 aliphatic carbocycles. The molecule has 0 fully saturated rings. The van der Waals surface area contributed by atoms with Crippen LogP contribution in [0.1, 0.15) is 19.8 Å². The standard InChI is InChI=1S/C12H18N2O4S/c1-9(2-7-12(15)16)8-14-10-3-5-11(6-4-10)19(13,17)18/h3-6,9,14H,2,7-8H2,1H3,(H,15,16)(H2,13,17,18). The number of benzene rings is 1. The van der Waals surface area contributed by atoms with Crippen molar-refractivity contribution in [3.63, 3.8) is 0 Å². The maximum atomic E-state index is 11.1. The summed E-state index contributed by atoms with van der Waals surface area (Å²) in [6.45, 7) is 2.58. The van der Waals surface area contributed by atoms with Crippen molar-refractivity contribution in [1.29, 1.82) is 0 Å². The SMILES string of the molecule is CC(CCC(=O)O)CNc1ccc(S(N)(=O)=O)cc1. The van der Waals surface area contributed by atoms with Gasteiger partial charge in [0.05, 0.1) is 4.90 Å². The lowest BCUT2D eigenvalue weighted by Crippen LogP contribution is -2.14.